The van der Waals surface area contributed by atoms with Crippen molar-refractivity contribution in [3.63, 3.8) is 0 Å². The van der Waals surface area contributed by atoms with Gasteiger partial charge in [-0.05, 0) is 43.2 Å². The number of nitrogens with zero attached hydrogens (tertiary/aromatic N) is 3. The van der Waals surface area contributed by atoms with Crippen LogP contribution in [0, 0.1) is 5.82 Å². The monoisotopic (exact) mass is 354 g/mol. The molecule has 1 aliphatic rings. The number of fused-ring (bicyclic) bond motifs is 1. The summed E-state index contributed by atoms with van der Waals surface area (Å²) < 4.78 is 18.9. The lowest BCUT2D eigenvalue weighted by Crippen LogP contribution is -2.39. The van der Waals surface area contributed by atoms with Crippen molar-refractivity contribution < 1.29 is 13.9 Å². The number of benzene rings is 1. The largest absolute Gasteiger partial charge is 0.496 e. The second kappa shape index (κ2) is 6.74. The predicted octanol–water partition coefficient (Wildman–Crippen LogP) is 3.13. The Morgan fingerprint density at radius 2 is 2.23 bits per heavy atom. The molecule has 1 aliphatic heterocycles. The van der Waals surface area contributed by atoms with Gasteiger partial charge in [-0.3, -0.25) is 9.89 Å². The summed E-state index contributed by atoms with van der Waals surface area (Å²) in [5.41, 5.74) is 1.94. The molecular weight excluding hydrogens is 335 g/mol. The van der Waals surface area contributed by atoms with E-state index in [0.29, 0.717) is 18.8 Å². The zero-order chi connectivity index (χ0) is 18.1. The van der Waals surface area contributed by atoms with Crippen molar-refractivity contribution in [2.45, 2.75) is 18.8 Å². The normalized spacial score (nSPS) is 17.5. The molecule has 0 saturated carbocycles. The van der Waals surface area contributed by atoms with Crippen molar-refractivity contribution in [3.05, 3.63) is 53.6 Å². The van der Waals surface area contributed by atoms with Crippen molar-refractivity contribution in [1.29, 1.82) is 0 Å². The van der Waals surface area contributed by atoms with E-state index in [2.05, 4.69) is 15.2 Å². The highest BCUT2D eigenvalue weighted by atomic mass is 19.1. The maximum absolute atomic E-state index is 13.6. The molecule has 6 nitrogen and oxygen atoms in total. The first-order chi connectivity index (χ1) is 12.7. The van der Waals surface area contributed by atoms with E-state index in [9.17, 15) is 9.18 Å². The summed E-state index contributed by atoms with van der Waals surface area (Å²) >= 11 is 0. The molecule has 0 spiro atoms. The molecule has 1 amide bonds. The first-order valence-electron chi connectivity index (χ1n) is 8.58. The number of likely N-dealkylation sites (tertiary alicyclic amines) is 1. The topological polar surface area (TPSA) is 71.1 Å². The van der Waals surface area contributed by atoms with Gasteiger partial charge in [-0.2, -0.15) is 5.10 Å². The highest BCUT2D eigenvalue weighted by Gasteiger charge is 2.28. The number of nitrogens with one attached hydrogen (secondary N) is 1. The molecule has 1 atom stereocenters. The van der Waals surface area contributed by atoms with E-state index in [0.717, 1.165) is 29.6 Å². The minimum absolute atomic E-state index is 0.139. The molecule has 1 aromatic carbocycles. The number of hydrogen-bond acceptors (Lipinski definition) is 4. The molecule has 0 bridgehead atoms. The second-order valence-electron chi connectivity index (χ2n) is 6.48. The molecule has 1 unspecified atom stereocenters. The third kappa shape index (κ3) is 3.00. The lowest BCUT2D eigenvalue weighted by Gasteiger charge is -2.32. The van der Waals surface area contributed by atoms with E-state index in [4.69, 9.17) is 4.74 Å². The lowest BCUT2D eigenvalue weighted by molar-refractivity contribution is 0.0702. The summed E-state index contributed by atoms with van der Waals surface area (Å²) in [5, 5.41) is 7.84. The third-order valence-corrected chi connectivity index (χ3v) is 4.84. The summed E-state index contributed by atoms with van der Waals surface area (Å²) in [4.78, 5) is 19.3. The van der Waals surface area contributed by atoms with E-state index < -0.39 is 5.82 Å². The molecule has 3 aromatic rings. The number of carbonyl (C=O) groups is 1. The maximum Gasteiger partial charge on any atom is 0.257 e. The van der Waals surface area contributed by atoms with E-state index in [1.54, 1.807) is 11.1 Å². The molecule has 4 rings (SSSR count). The van der Waals surface area contributed by atoms with E-state index in [1.165, 1.54) is 25.3 Å². The number of H-pyrrole nitrogens is 1. The van der Waals surface area contributed by atoms with E-state index >= 15 is 0 Å². The molecule has 1 saturated heterocycles. The number of methoxy groups -OCH3 is 1. The van der Waals surface area contributed by atoms with Crippen LogP contribution < -0.4 is 4.74 Å². The van der Waals surface area contributed by atoms with Gasteiger partial charge >= 0.3 is 0 Å². The fourth-order valence-corrected chi connectivity index (χ4v) is 3.49. The van der Waals surface area contributed by atoms with Gasteiger partial charge in [0.25, 0.3) is 5.91 Å². The zero-order valence-corrected chi connectivity index (χ0v) is 14.4. The van der Waals surface area contributed by atoms with Crippen LogP contribution in [0.5, 0.6) is 5.75 Å². The van der Waals surface area contributed by atoms with Gasteiger partial charge in [-0.1, -0.05) is 0 Å². The Balaban J connectivity index is 1.58. The zero-order valence-electron chi connectivity index (χ0n) is 14.4. The number of amides is 1. The second-order valence-corrected chi connectivity index (χ2v) is 6.48. The molecular formula is C19H19FN4O2. The average Bonchev–Trinajstić information content (AvgIpc) is 3.15. The van der Waals surface area contributed by atoms with Crippen LogP contribution in [0.25, 0.3) is 11.0 Å². The number of carbonyl (C=O) groups excluding carboxylic acids is 1. The Kier molecular flexibility index (Phi) is 4.28. The number of aromatic nitrogens is 3. The van der Waals surface area contributed by atoms with Crippen molar-refractivity contribution in [3.8, 4) is 5.75 Å². The van der Waals surface area contributed by atoms with Gasteiger partial charge in [0.15, 0.2) is 5.65 Å². The fourth-order valence-electron chi connectivity index (χ4n) is 3.49. The molecule has 0 aliphatic carbocycles. The number of rotatable bonds is 3. The molecule has 0 radical (unpaired) electrons. The first-order valence-corrected chi connectivity index (χ1v) is 8.58. The Bertz CT molecular complexity index is 956. The number of halogens is 1. The van der Waals surface area contributed by atoms with Gasteiger partial charge in [0, 0.05) is 30.1 Å². The van der Waals surface area contributed by atoms with Crippen LogP contribution in [-0.2, 0) is 0 Å². The number of piperidine rings is 1. The minimum atomic E-state index is -0.450. The lowest BCUT2D eigenvalue weighted by atomic mass is 9.93. The first kappa shape index (κ1) is 16.5. The Morgan fingerprint density at radius 1 is 1.35 bits per heavy atom. The van der Waals surface area contributed by atoms with Crippen molar-refractivity contribution in [2.75, 3.05) is 20.2 Å². The van der Waals surface area contributed by atoms with Crippen LogP contribution in [0.4, 0.5) is 4.39 Å². The van der Waals surface area contributed by atoms with Crippen molar-refractivity contribution >= 4 is 16.9 Å². The van der Waals surface area contributed by atoms with Crippen LogP contribution in [0.1, 0.15) is 34.8 Å². The molecule has 26 heavy (non-hydrogen) atoms. The third-order valence-electron chi connectivity index (χ3n) is 4.84. The van der Waals surface area contributed by atoms with Crippen molar-refractivity contribution in [2.24, 2.45) is 0 Å². The number of ether oxygens (including phenoxy) is 1. The van der Waals surface area contributed by atoms with E-state index in [-0.39, 0.29) is 17.4 Å². The summed E-state index contributed by atoms with van der Waals surface area (Å²) in [6.45, 7) is 1.19. The van der Waals surface area contributed by atoms with Gasteiger partial charge in [0.1, 0.15) is 11.6 Å². The summed E-state index contributed by atoms with van der Waals surface area (Å²) in [5.74, 6) is -0.141. The fraction of sp³-hybridized carbons (Fsp3) is 0.316. The molecule has 1 fully saturated rings. The standard InChI is InChI=1S/C19H19FN4O2/c1-26-17-7-5-14(20)9-15(17)19(25)24-8-2-3-13(11-24)16-6-4-12-10-21-23-18(12)22-16/h4-7,9-10,13H,2-3,8,11H2,1H3,(H,21,22,23). The Hall–Kier alpha value is -2.96. The minimum Gasteiger partial charge on any atom is -0.496 e. The van der Waals surface area contributed by atoms with Crippen LogP contribution in [0.3, 0.4) is 0 Å². The number of hydrogen-bond donors (Lipinski definition) is 1. The van der Waals surface area contributed by atoms with Gasteiger partial charge < -0.3 is 9.64 Å². The summed E-state index contributed by atoms with van der Waals surface area (Å²) in [7, 11) is 1.48. The van der Waals surface area contributed by atoms with Crippen molar-refractivity contribution in [1.82, 2.24) is 20.1 Å². The van der Waals surface area contributed by atoms with Gasteiger partial charge in [-0.15, -0.1) is 0 Å². The molecule has 1 N–H and O–H groups in total. The average molecular weight is 354 g/mol. The van der Waals surface area contributed by atoms with Gasteiger partial charge in [0.05, 0.1) is 18.9 Å². The maximum atomic E-state index is 13.6. The highest BCUT2D eigenvalue weighted by Crippen LogP contribution is 2.29. The Labute approximate surface area is 150 Å². The van der Waals surface area contributed by atoms with Crippen LogP contribution >= 0.6 is 0 Å². The molecule has 7 heteroatoms. The molecule has 134 valence electrons. The van der Waals surface area contributed by atoms with Crippen LogP contribution in [-0.4, -0.2) is 46.2 Å². The SMILES string of the molecule is COc1ccc(F)cc1C(=O)N1CCCC(c2ccc3cn[nH]c3n2)C1. The smallest absolute Gasteiger partial charge is 0.257 e. The van der Waals surface area contributed by atoms with Crippen LogP contribution in [0.2, 0.25) is 0 Å². The molecule has 3 heterocycles. The summed E-state index contributed by atoms with van der Waals surface area (Å²) in [6, 6.07) is 7.98. The number of pyridine rings is 1. The highest BCUT2D eigenvalue weighted by molar-refractivity contribution is 5.97. The quantitative estimate of drug-likeness (QED) is 0.784. The van der Waals surface area contributed by atoms with Crippen LogP contribution in [0.15, 0.2) is 36.5 Å². The predicted molar refractivity (Wildman–Crippen MR) is 94.7 cm³/mol. The summed E-state index contributed by atoms with van der Waals surface area (Å²) in [6.07, 6.45) is 3.56. The molecule has 2 aromatic heterocycles. The van der Waals surface area contributed by atoms with Gasteiger partial charge in [-0.25, -0.2) is 9.37 Å². The number of aromatic amines is 1. The van der Waals surface area contributed by atoms with Gasteiger partial charge in [0.2, 0.25) is 0 Å². The van der Waals surface area contributed by atoms with E-state index in [1.807, 2.05) is 12.1 Å². The Morgan fingerprint density at radius 3 is 3.08 bits per heavy atom.